The molecule has 1 aliphatic heterocycles. The monoisotopic (exact) mass is 571 g/mol. The summed E-state index contributed by atoms with van der Waals surface area (Å²) in [6.07, 6.45) is -1.75. The molecule has 1 aliphatic rings. The van der Waals surface area contributed by atoms with E-state index in [4.69, 9.17) is 9.16 Å². The number of carbonyl (C=O) groups excluding carboxylic acids is 1. The molecule has 40 heavy (non-hydrogen) atoms. The molecule has 5 nitrogen and oxygen atoms in total. The Morgan fingerprint density at radius 3 is 1.98 bits per heavy atom. The molecule has 1 fully saturated rings. The number of ether oxygens (including phenoxy) is 1. The summed E-state index contributed by atoms with van der Waals surface area (Å²) in [4.78, 5) is 14.7. The van der Waals surface area contributed by atoms with Crippen LogP contribution < -0.4 is 10.4 Å². The average Bonchev–Trinajstić information content (AvgIpc) is 2.89. The van der Waals surface area contributed by atoms with Crippen LogP contribution in [0.3, 0.4) is 0 Å². The lowest BCUT2D eigenvalue weighted by molar-refractivity contribution is -0.227. The smallest absolute Gasteiger partial charge is 0.280 e. The lowest BCUT2D eigenvalue weighted by Crippen LogP contribution is -2.59. The van der Waals surface area contributed by atoms with E-state index in [1.807, 2.05) is 81.4 Å². The number of aliphatic hydroxyl groups is 1. The van der Waals surface area contributed by atoms with Crippen molar-refractivity contribution in [1.29, 1.82) is 0 Å². The molecule has 0 aromatic heterocycles. The number of halogens is 3. The number of nitrogens with zero attached hydrogens (tertiary/aromatic N) is 1. The van der Waals surface area contributed by atoms with Crippen LogP contribution in [0.2, 0.25) is 0 Å². The first kappa shape index (κ1) is 30.0. The molecule has 0 spiro atoms. The molecule has 214 valence electrons. The van der Waals surface area contributed by atoms with Gasteiger partial charge in [0.05, 0.1) is 18.2 Å². The number of hydrogen-bond donors (Lipinski definition) is 1. The van der Waals surface area contributed by atoms with Crippen LogP contribution in [0, 0.1) is 28.8 Å². The molecule has 3 atom stereocenters. The molecule has 0 radical (unpaired) electrons. The van der Waals surface area contributed by atoms with Gasteiger partial charge in [-0.1, -0.05) is 81.4 Å². The van der Waals surface area contributed by atoms with Gasteiger partial charge in [0.25, 0.3) is 5.91 Å². The first-order valence-corrected chi connectivity index (χ1v) is 14.9. The highest BCUT2D eigenvalue weighted by Crippen LogP contribution is 2.43. The molecule has 1 unspecified atom stereocenters. The Morgan fingerprint density at radius 1 is 1.00 bits per heavy atom. The van der Waals surface area contributed by atoms with Crippen LogP contribution >= 0.6 is 0 Å². The molecule has 1 N–H and O–H groups in total. The summed E-state index contributed by atoms with van der Waals surface area (Å²) in [5, 5.41) is 12.6. The van der Waals surface area contributed by atoms with Crippen LogP contribution in [0.4, 0.5) is 13.2 Å². The summed E-state index contributed by atoms with van der Waals surface area (Å²) in [6, 6.07) is 20.6. The zero-order valence-electron chi connectivity index (χ0n) is 23.4. The maximum Gasteiger partial charge on any atom is 0.280 e. The Morgan fingerprint density at radius 2 is 1.50 bits per heavy atom. The Kier molecular flexibility index (Phi) is 8.89. The van der Waals surface area contributed by atoms with Crippen molar-refractivity contribution in [3.05, 3.63) is 95.8 Å². The number of morpholine rings is 1. The Hall–Kier alpha value is -2.98. The SMILES string of the molecule is CC1(C)CN([C@@H](c2cc(F)c(F)c(F)c2)[C@H](CO[SiH](c2ccccc2)c2ccccc2)C(C)(C)C)C(=O)C(O)O1. The summed E-state index contributed by atoms with van der Waals surface area (Å²) in [5.74, 6) is -5.53. The van der Waals surface area contributed by atoms with Gasteiger partial charge in [0.1, 0.15) is 0 Å². The summed E-state index contributed by atoms with van der Waals surface area (Å²) in [5.41, 5.74) is -1.42. The van der Waals surface area contributed by atoms with Crippen molar-refractivity contribution in [2.45, 2.75) is 52.6 Å². The van der Waals surface area contributed by atoms with Gasteiger partial charge in [0.15, 0.2) is 17.5 Å². The number of aliphatic hydroxyl groups excluding tert-OH is 1. The molecule has 0 saturated carbocycles. The minimum absolute atomic E-state index is 0.0407. The fourth-order valence-corrected chi connectivity index (χ4v) is 7.60. The fraction of sp³-hybridized carbons (Fsp3) is 0.387. The standard InChI is InChI=1S/C31H36F3NO4Si/c1-30(2,3)23(18-38-40(21-12-8-6-9-13-21)22-14-10-7-11-15-22)27(20-16-24(32)26(34)25(33)17-20)35-19-31(4,5)39-29(37)28(35)36/h6-17,23,27,29,37,40H,18-19H2,1-5H3/t23-,27-,29?/m0/s1. The number of rotatable bonds is 8. The van der Waals surface area contributed by atoms with Gasteiger partial charge in [0.2, 0.25) is 15.3 Å². The topological polar surface area (TPSA) is 59.0 Å². The van der Waals surface area contributed by atoms with E-state index in [0.29, 0.717) is 0 Å². The highest BCUT2D eigenvalue weighted by Gasteiger charge is 2.47. The Labute approximate surface area is 235 Å². The molecule has 1 heterocycles. The van der Waals surface area contributed by atoms with Crippen molar-refractivity contribution < 1.29 is 32.2 Å². The predicted molar refractivity (Wildman–Crippen MR) is 150 cm³/mol. The van der Waals surface area contributed by atoms with Gasteiger partial charge in [-0.3, -0.25) is 4.79 Å². The van der Waals surface area contributed by atoms with E-state index >= 15 is 0 Å². The maximum atomic E-state index is 14.6. The first-order valence-electron chi connectivity index (χ1n) is 13.3. The lowest BCUT2D eigenvalue weighted by Gasteiger charge is -2.49. The second-order valence-corrected chi connectivity index (χ2v) is 14.4. The third kappa shape index (κ3) is 6.66. The van der Waals surface area contributed by atoms with Crippen LogP contribution in [-0.4, -0.2) is 50.0 Å². The second kappa shape index (κ2) is 11.9. The van der Waals surface area contributed by atoms with Crippen LogP contribution in [0.1, 0.15) is 46.2 Å². The molecular weight excluding hydrogens is 535 g/mol. The van der Waals surface area contributed by atoms with Gasteiger partial charge in [0, 0.05) is 12.5 Å². The summed E-state index contributed by atoms with van der Waals surface area (Å²) in [7, 11) is -2.22. The van der Waals surface area contributed by atoms with Crippen LogP contribution in [0.5, 0.6) is 0 Å². The molecule has 0 aliphatic carbocycles. The van der Waals surface area contributed by atoms with Crippen molar-refractivity contribution >= 4 is 25.3 Å². The van der Waals surface area contributed by atoms with Gasteiger partial charge in [-0.25, -0.2) is 13.2 Å². The fourth-order valence-electron chi connectivity index (χ4n) is 5.29. The zero-order valence-corrected chi connectivity index (χ0v) is 24.6. The highest BCUT2D eigenvalue weighted by molar-refractivity contribution is 6.80. The van der Waals surface area contributed by atoms with Gasteiger partial charge < -0.3 is 19.2 Å². The summed E-state index contributed by atoms with van der Waals surface area (Å²) >= 11 is 0. The quantitative estimate of drug-likeness (QED) is 0.323. The minimum Gasteiger partial charge on any atom is -0.411 e. The third-order valence-corrected chi connectivity index (χ3v) is 9.81. The van der Waals surface area contributed by atoms with Crippen molar-refractivity contribution in [2.75, 3.05) is 13.2 Å². The van der Waals surface area contributed by atoms with Gasteiger partial charge >= 0.3 is 0 Å². The third-order valence-electron chi connectivity index (χ3n) is 7.30. The molecule has 3 aromatic carbocycles. The van der Waals surface area contributed by atoms with Crippen LogP contribution in [0.15, 0.2) is 72.8 Å². The zero-order chi connectivity index (χ0) is 29.2. The van der Waals surface area contributed by atoms with Gasteiger partial charge in [-0.15, -0.1) is 0 Å². The molecule has 0 bridgehead atoms. The first-order chi connectivity index (χ1) is 18.8. The number of benzene rings is 3. The van der Waals surface area contributed by atoms with Gasteiger partial charge in [-0.05, 0) is 47.3 Å². The van der Waals surface area contributed by atoms with Crippen molar-refractivity contribution in [2.24, 2.45) is 11.3 Å². The van der Waals surface area contributed by atoms with E-state index in [2.05, 4.69) is 0 Å². The van der Waals surface area contributed by atoms with Crippen LogP contribution in [-0.2, 0) is 14.0 Å². The number of hydrogen-bond acceptors (Lipinski definition) is 4. The summed E-state index contributed by atoms with van der Waals surface area (Å²) in [6.45, 7) is 9.48. The van der Waals surface area contributed by atoms with Crippen LogP contribution in [0.25, 0.3) is 0 Å². The lowest BCUT2D eigenvalue weighted by atomic mass is 9.73. The number of carbonyl (C=O) groups is 1. The average molecular weight is 572 g/mol. The van der Waals surface area contributed by atoms with Crippen molar-refractivity contribution in [3.8, 4) is 0 Å². The van der Waals surface area contributed by atoms with Gasteiger partial charge in [-0.2, -0.15) is 0 Å². The van der Waals surface area contributed by atoms with E-state index in [1.165, 1.54) is 4.90 Å². The molecular formula is C31H36F3NO4Si. The maximum absolute atomic E-state index is 14.6. The molecule has 4 rings (SSSR count). The van der Waals surface area contributed by atoms with E-state index in [-0.39, 0.29) is 18.7 Å². The Bertz CT molecular complexity index is 1250. The van der Waals surface area contributed by atoms with Crippen molar-refractivity contribution in [1.82, 2.24) is 4.90 Å². The molecule has 3 aromatic rings. The summed E-state index contributed by atoms with van der Waals surface area (Å²) < 4.78 is 55.4. The highest BCUT2D eigenvalue weighted by atomic mass is 28.3. The van der Waals surface area contributed by atoms with E-state index in [9.17, 15) is 23.1 Å². The molecule has 1 saturated heterocycles. The van der Waals surface area contributed by atoms with E-state index in [1.54, 1.807) is 13.8 Å². The van der Waals surface area contributed by atoms with E-state index < -0.39 is 61.7 Å². The number of amides is 1. The predicted octanol–water partition coefficient (Wildman–Crippen LogP) is 4.32. The Balaban J connectivity index is 1.81. The largest absolute Gasteiger partial charge is 0.411 e. The van der Waals surface area contributed by atoms with E-state index in [0.717, 1.165) is 22.5 Å². The molecule has 1 amide bonds. The molecule has 9 heteroatoms. The second-order valence-electron chi connectivity index (χ2n) is 11.9. The normalized spacial score (nSPS) is 19.1. The van der Waals surface area contributed by atoms with Crippen molar-refractivity contribution in [3.63, 3.8) is 0 Å². The minimum atomic E-state index is -2.22.